The number of halogens is 1. The average molecular weight is 509 g/mol. The van der Waals surface area contributed by atoms with Gasteiger partial charge in [-0.15, -0.1) is 11.3 Å². The lowest BCUT2D eigenvalue weighted by Gasteiger charge is -2.16. The highest BCUT2D eigenvalue weighted by Crippen LogP contribution is 2.40. The number of nitrogens with zero attached hydrogens (tertiary/aromatic N) is 6. The second-order valence-electron chi connectivity index (χ2n) is 8.86. The zero-order valence-electron chi connectivity index (χ0n) is 19.7. The monoisotopic (exact) mass is 508 g/mol. The molecule has 1 saturated heterocycles. The van der Waals surface area contributed by atoms with Crippen molar-refractivity contribution in [3.63, 3.8) is 0 Å². The van der Waals surface area contributed by atoms with Crippen LogP contribution in [0, 0.1) is 0 Å². The molecule has 0 spiro atoms. The quantitative estimate of drug-likeness (QED) is 0.319. The highest BCUT2D eigenvalue weighted by atomic mass is 32.1. The van der Waals surface area contributed by atoms with E-state index >= 15 is 4.39 Å². The van der Waals surface area contributed by atoms with Crippen molar-refractivity contribution in [3.8, 4) is 11.3 Å². The molecule has 0 aromatic carbocycles. The number of pyridine rings is 1. The van der Waals surface area contributed by atoms with Crippen molar-refractivity contribution in [3.05, 3.63) is 47.9 Å². The van der Waals surface area contributed by atoms with E-state index in [2.05, 4.69) is 25.4 Å². The fourth-order valence-corrected chi connectivity index (χ4v) is 5.76. The summed E-state index contributed by atoms with van der Waals surface area (Å²) in [5.41, 5.74) is 8.85. The summed E-state index contributed by atoms with van der Waals surface area (Å²) in [5, 5.41) is 18.8. The Morgan fingerprint density at radius 3 is 2.92 bits per heavy atom. The number of thiophene rings is 1. The van der Waals surface area contributed by atoms with Gasteiger partial charge in [0.25, 0.3) is 0 Å². The first-order chi connectivity index (χ1) is 17.4. The van der Waals surface area contributed by atoms with Crippen LogP contribution in [-0.2, 0) is 18.2 Å². The number of nitrogen functional groups attached to an aromatic ring is 1. The molecule has 0 unspecified atom stereocenters. The maximum Gasteiger partial charge on any atom is 0.173 e. The van der Waals surface area contributed by atoms with Gasteiger partial charge in [-0.3, -0.25) is 4.68 Å². The first kappa shape index (κ1) is 22.8. The Labute approximate surface area is 209 Å². The lowest BCUT2D eigenvalue weighted by molar-refractivity contribution is -0.0253. The van der Waals surface area contributed by atoms with Crippen molar-refractivity contribution in [2.45, 2.75) is 37.4 Å². The Hall–Kier alpha value is -3.61. The van der Waals surface area contributed by atoms with E-state index in [4.69, 9.17) is 10.5 Å². The number of nitrogens with two attached hydrogens (primary N) is 1. The van der Waals surface area contributed by atoms with Gasteiger partial charge < -0.3 is 25.5 Å². The number of aryl methyl sites for hydroxylation is 2. The predicted molar refractivity (Wildman–Crippen MR) is 136 cm³/mol. The van der Waals surface area contributed by atoms with Crippen LogP contribution in [0.4, 0.5) is 16.0 Å². The molecule has 12 heteroatoms. The summed E-state index contributed by atoms with van der Waals surface area (Å²) in [4.78, 5) is 14.1. The number of ether oxygens (including phenoxy) is 1. The molecular weight excluding hydrogens is 483 g/mol. The molecule has 5 aromatic heterocycles. The predicted octanol–water partition coefficient (Wildman–Crippen LogP) is 3.29. The van der Waals surface area contributed by atoms with Gasteiger partial charge in [-0.25, -0.2) is 19.3 Å². The van der Waals surface area contributed by atoms with Crippen molar-refractivity contribution >= 4 is 44.2 Å². The second-order valence-corrected chi connectivity index (χ2v) is 10.0. The molecular formula is C24H25FN8O2S. The summed E-state index contributed by atoms with van der Waals surface area (Å²) in [6.45, 7) is 0. The smallest absolute Gasteiger partial charge is 0.173 e. The molecule has 6 rings (SSSR count). The first-order valence-electron chi connectivity index (χ1n) is 11.6. The number of aliphatic hydroxyl groups excluding tert-OH is 1. The molecule has 4 atom stereocenters. The van der Waals surface area contributed by atoms with Crippen molar-refractivity contribution < 1.29 is 14.2 Å². The van der Waals surface area contributed by atoms with Gasteiger partial charge in [0.15, 0.2) is 12.4 Å². The minimum Gasteiger partial charge on any atom is -0.387 e. The molecule has 1 fully saturated rings. The molecule has 0 amide bonds. The first-order valence-corrected chi connectivity index (χ1v) is 12.4. The minimum absolute atomic E-state index is 0.268. The fraction of sp³-hybridized carbons (Fsp3) is 0.333. The molecule has 4 N–H and O–H groups in total. The van der Waals surface area contributed by atoms with Crippen molar-refractivity contribution in [1.29, 1.82) is 0 Å². The Balaban J connectivity index is 1.27. The van der Waals surface area contributed by atoms with Crippen LogP contribution in [-0.4, -0.2) is 59.8 Å². The van der Waals surface area contributed by atoms with Gasteiger partial charge in [0.1, 0.15) is 29.7 Å². The van der Waals surface area contributed by atoms with Gasteiger partial charge in [0, 0.05) is 36.9 Å². The molecule has 10 nitrogen and oxygen atoms in total. The van der Waals surface area contributed by atoms with E-state index in [1.807, 2.05) is 44.6 Å². The van der Waals surface area contributed by atoms with E-state index in [-0.39, 0.29) is 5.82 Å². The number of hydrogen-bond donors (Lipinski definition) is 3. The van der Waals surface area contributed by atoms with Crippen LogP contribution < -0.4 is 11.1 Å². The van der Waals surface area contributed by atoms with Crippen LogP contribution in [0.15, 0.2) is 43.0 Å². The zero-order valence-corrected chi connectivity index (χ0v) is 20.5. The van der Waals surface area contributed by atoms with Crippen LogP contribution >= 0.6 is 11.3 Å². The van der Waals surface area contributed by atoms with Crippen molar-refractivity contribution in [2.75, 3.05) is 18.1 Å². The van der Waals surface area contributed by atoms with Gasteiger partial charge in [-0.2, -0.15) is 5.10 Å². The average Bonchev–Trinajstić information content (AvgIpc) is 3.63. The van der Waals surface area contributed by atoms with Gasteiger partial charge in [-0.05, 0) is 37.1 Å². The van der Waals surface area contributed by atoms with Crippen LogP contribution in [0.3, 0.4) is 0 Å². The Morgan fingerprint density at radius 2 is 2.14 bits per heavy atom. The molecule has 0 saturated carbocycles. The summed E-state index contributed by atoms with van der Waals surface area (Å²) in [7, 11) is 3.64. The third kappa shape index (κ3) is 3.77. The molecule has 1 aliphatic heterocycles. The fourth-order valence-electron chi connectivity index (χ4n) is 4.74. The van der Waals surface area contributed by atoms with E-state index in [9.17, 15) is 5.11 Å². The van der Waals surface area contributed by atoms with E-state index < -0.39 is 24.6 Å². The van der Waals surface area contributed by atoms with E-state index in [0.717, 1.165) is 20.9 Å². The third-order valence-corrected chi connectivity index (χ3v) is 7.70. The van der Waals surface area contributed by atoms with Gasteiger partial charge in [0.2, 0.25) is 0 Å². The number of aromatic nitrogens is 6. The molecule has 0 radical (unpaired) electrons. The van der Waals surface area contributed by atoms with E-state index in [1.54, 1.807) is 26.8 Å². The molecule has 1 aliphatic rings. The van der Waals surface area contributed by atoms with Crippen LogP contribution in [0.1, 0.15) is 17.5 Å². The zero-order chi connectivity index (χ0) is 25.0. The maximum absolute atomic E-state index is 15.4. The number of aliphatic hydroxyl groups is 1. The lowest BCUT2D eigenvalue weighted by Crippen LogP contribution is -2.28. The Kier molecular flexibility index (Phi) is 5.58. The molecule has 36 heavy (non-hydrogen) atoms. The maximum atomic E-state index is 15.4. The summed E-state index contributed by atoms with van der Waals surface area (Å²) in [6.07, 6.45) is 1.33. The normalized spacial score (nSPS) is 22.1. The van der Waals surface area contributed by atoms with Crippen LogP contribution in [0.2, 0.25) is 0 Å². The summed E-state index contributed by atoms with van der Waals surface area (Å²) in [6, 6.07) is 7.83. The van der Waals surface area contributed by atoms with Gasteiger partial charge in [-0.1, -0.05) is 0 Å². The molecule has 186 valence electrons. The summed E-state index contributed by atoms with van der Waals surface area (Å²) in [5.74, 6) is 1.07. The minimum atomic E-state index is -1.64. The number of alkyl halides is 1. The molecule has 6 heterocycles. The molecule has 0 aliphatic carbocycles. The largest absolute Gasteiger partial charge is 0.387 e. The van der Waals surface area contributed by atoms with Crippen molar-refractivity contribution in [2.24, 2.45) is 7.05 Å². The van der Waals surface area contributed by atoms with Crippen molar-refractivity contribution in [1.82, 2.24) is 29.3 Å². The topological polar surface area (TPSA) is 129 Å². The Bertz CT molecular complexity index is 1560. The van der Waals surface area contributed by atoms with E-state index in [0.29, 0.717) is 35.1 Å². The Morgan fingerprint density at radius 1 is 1.28 bits per heavy atom. The molecule has 5 aromatic rings. The second kappa shape index (κ2) is 8.80. The van der Waals surface area contributed by atoms with E-state index in [1.165, 1.54) is 6.33 Å². The lowest BCUT2D eigenvalue weighted by atomic mass is 10.1. The number of hydrogen-bond acceptors (Lipinski definition) is 9. The highest BCUT2D eigenvalue weighted by Gasteiger charge is 2.45. The molecule has 0 bridgehead atoms. The highest BCUT2D eigenvalue weighted by molar-refractivity contribution is 7.19. The SMILES string of the molecule is CNc1ccc2sc(CC[C@H]3O[C@@H](n4cc(-c5ccn(C)n5)c5c(N)ncnc54)[C@@H](F)[C@@H]3O)cc2n1. The number of anilines is 2. The van der Waals surface area contributed by atoms with Gasteiger partial charge >= 0.3 is 0 Å². The summed E-state index contributed by atoms with van der Waals surface area (Å²) >= 11 is 1.64. The number of nitrogens with one attached hydrogen (secondary N) is 1. The number of rotatable bonds is 6. The number of fused-ring (bicyclic) bond motifs is 2. The summed E-state index contributed by atoms with van der Waals surface area (Å²) < 4.78 is 25.9. The standard InChI is InChI=1S/C24H25FN8O2S/c1-27-18-6-5-17-15(30-18)9-12(36-17)3-4-16-21(34)20(25)24(35-16)33-10-13(14-7-8-32(2)31-14)19-22(26)28-11-29-23(19)33/h5-11,16,20-21,24,34H,3-4H2,1-2H3,(H,27,30)(H2,26,28,29)/t16-,20+,21-,24-/m1/s1. The van der Waals surface area contributed by atoms with Crippen LogP contribution in [0.25, 0.3) is 32.5 Å². The van der Waals surface area contributed by atoms with Gasteiger partial charge in [0.05, 0.1) is 27.4 Å². The third-order valence-electron chi connectivity index (χ3n) is 6.55. The van der Waals surface area contributed by atoms with Crippen LogP contribution in [0.5, 0.6) is 0 Å².